The van der Waals surface area contributed by atoms with Crippen molar-refractivity contribution < 1.29 is 9.59 Å². The van der Waals surface area contributed by atoms with Gasteiger partial charge in [0.25, 0.3) is 5.56 Å². The normalized spacial score (nSPS) is 11.0. The zero-order valence-corrected chi connectivity index (χ0v) is 17.4. The van der Waals surface area contributed by atoms with Crippen LogP contribution in [-0.4, -0.2) is 21.2 Å². The third kappa shape index (κ3) is 3.90. The van der Waals surface area contributed by atoms with Crippen LogP contribution in [0.1, 0.15) is 22.2 Å². The molecule has 29 heavy (non-hydrogen) atoms. The van der Waals surface area contributed by atoms with Crippen molar-refractivity contribution in [3.63, 3.8) is 0 Å². The number of anilines is 1. The van der Waals surface area contributed by atoms with E-state index in [2.05, 4.69) is 10.3 Å². The molecule has 8 heteroatoms. The van der Waals surface area contributed by atoms with E-state index in [1.165, 1.54) is 29.2 Å². The fraction of sp³-hybridized carbons (Fsp3) is 0.143. The van der Waals surface area contributed by atoms with E-state index in [0.29, 0.717) is 21.5 Å². The van der Waals surface area contributed by atoms with Crippen LogP contribution >= 0.6 is 22.7 Å². The summed E-state index contributed by atoms with van der Waals surface area (Å²) in [5.74, 6) is -0.446. The zero-order valence-electron chi connectivity index (χ0n) is 15.8. The predicted molar refractivity (Wildman–Crippen MR) is 117 cm³/mol. The second kappa shape index (κ2) is 7.73. The molecule has 3 aromatic heterocycles. The molecule has 0 radical (unpaired) electrons. The lowest BCUT2D eigenvalue weighted by molar-refractivity contribution is -0.116. The summed E-state index contributed by atoms with van der Waals surface area (Å²) in [4.78, 5) is 44.2. The van der Waals surface area contributed by atoms with Crippen LogP contribution in [-0.2, 0) is 11.3 Å². The molecule has 0 atom stereocenters. The van der Waals surface area contributed by atoms with Crippen LogP contribution in [0.25, 0.3) is 20.7 Å². The van der Waals surface area contributed by atoms with Gasteiger partial charge in [-0.1, -0.05) is 12.1 Å². The fourth-order valence-corrected chi connectivity index (χ4v) is 4.87. The Bertz CT molecular complexity index is 1300. The fourth-order valence-electron chi connectivity index (χ4n) is 3.01. The molecular formula is C21H17N3O3S2. The molecule has 146 valence electrons. The lowest BCUT2D eigenvalue weighted by Crippen LogP contribution is -2.27. The Morgan fingerprint density at radius 1 is 1.21 bits per heavy atom. The standard InChI is InChI=1S/C21H17N3O3S2/c1-12-6-7-17(29-12)16-10-28-20-19(16)21(27)24(11-22-20)9-18(26)23-15-5-3-4-14(8-15)13(2)25/h3-8,10-11H,9H2,1-2H3,(H,23,26). The van der Waals surface area contributed by atoms with Crippen molar-refractivity contribution in [1.82, 2.24) is 9.55 Å². The van der Waals surface area contributed by atoms with Crippen molar-refractivity contribution in [3.05, 3.63) is 68.9 Å². The van der Waals surface area contributed by atoms with Crippen LogP contribution in [0.4, 0.5) is 5.69 Å². The second-order valence-corrected chi connectivity index (χ2v) is 8.75. The molecule has 0 saturated carbocycles. The van der Waals surface area contributed by atoms with Crippen LogP contribution in [0.5, 0.6) is 0 Å². The van der Waals surface area contributed by atoms with E-state index in [1.54, 1.807) is 35.6 Å². The van der Waals surface area contributed by atoms with Crippen LogP contribution in [0.3, 0.4) is 0 Å². The molecule has 4 aromatic rings. The van der Waals surface area contributed by atoms with Crippen molar-refractivity contribution in [1.29, 1.82) is 0 Å². The number of aromatic nitrogens is 2. The highest BCUT2D eigenvalue weighted by Gasteiger charge is 2.16. The minimum Gasteiger partial charge on any atom is -0.325 e. The molecule has 0 saturated heterocycles. The highest BCUT2D eigenvalue weighted by atomic mass is 32.1. The van der Waals surface area contributed by atoms with E-state index in [9.17, 15) is 14.4 Å². The SMILES string of the molecule is CC(=O)c1cccc(NC(=O)Cn2cnc3scc(-c4ccc(C)s4)c3c2=O)c1. The average molecular weight is 424 g/mol. The monoisotopic (exact) mass is 423 g/mol. The van der Waals surface area contributed by atoms with Gasteiger partial charge in [0.2, 0.25) is 5.91 Å². The summed E-state index contributed by atoms with van der Waals surface area (Å²) in [6, 6.07) is 10.7. The molecule has 1 amide bonds. The molecule has 0 spiro atoms. The van der Waals surface area contributed by atoms with Crippen molar-refractivity contribution >= 4 is 50.3 Å². The van der Waals surface area contributed by atoms with Crippen LogP contribution in [0, 0.1) is 6.92 Å². The van der Waals surface area contributed by atoms with Crippen LogP contribution < -0.4 is 10.9 Å². The second-order valence-electron chi connectivity index (χ2n) is 6.60. The number of carbonyl (C=O) groups excluding carboxylic acids is 2. The summed E-state index contributed by atoms with van der Waals surface area (Å²) in [5.41, 5.74) is 1.63. The number of Topliss-reactive ketones (excluding diaryl/α,β-unsaturated/α-hetero) is 1. The first-order chi connectivity index (χ1) is 13.9. The molecular weight excluding hydrogens is 406 g/mol. The van der Waals surface area contributed by atoms with E-state index in [4.69, 9.17) is 0 Å². The van der Waals surface area contributed by atoms with Gasteiger partial charge in [0, 0.05) is 31.9 Å². The Morgan fingerprint density at radius 2 is 2.03 bits per heavy atom. The summed E-state index contributed by atoms with van der Waals surface area (Å²) in [7, 11) is 0. The lowest BCUT2D eigenvalue weighted by atomic mass is 10.1. The first-order valence-corrected chi connectivity index (χ1v) is 10.6. The number of hydrogen-bond acceptors (Lipinski definition) is 6. The number of benzene rings is 1. The smallest absolute Gasteiger partial charge is 0.263 e. The Hall–Kier alpha value is -3.10. The van der Waals surface area contributed by atoms with Crippen molar-refractivity contribution in [2.75, 3.05) is 5.32 Å². The Kier molecular flexibility index (Phi) is 5.12. The Morgan fingerprint density at radius 3 is 2.76 bits per heavy atom. The molecule has 0 aliphatic carbocycles. The number of aryl methyl sites for hydroxylation is 1. The van der Waals surface area contributed by atoms with Gasteiger partial charge in [-0.3, -0.25) is 19.0 Å². The van der Waals surface area contributed by atoms with Gasteiger partial charge in [-0.15, -0.1) is 22.7 Å². The minimum atomic E-state index is -0.363. The van der Waals surface area contributed by atoms with Gasteiger partial charge in [-0.25, -0.2) is 4.98 Å². The quantitative estimate of drug-likeness (QED) is 0.484. The number of thiophene rings is 2. The number of amides is 1. The summed E-state index contributed by atoms with van der Waals surface area (Å²) >= 11 is 3.03. The van der Waals surface area contributed by atoms with Crippen molar-refractivity contribution in [3.8, 4) is 10.4 Å². The molecule has 4 rings (SSSR count). The number of carbonyl (C=O) groups is 2. The molecule has 3 heterocycles. The van der Waals surface area contributed by atoms with Gasteiger partial charge in [-0.05, 0) is 38.1 Å². The topological polar surface area (TPSA) is 81.1 Å². The van der Waals surface area contributed by atoms with Crippen molar-refractivity contribution in [2.24, 2.45) is 0 Å². The molecule has 0 fully saturated rings. The molecule has 0 unspecified atom stereocenters. The van der Waals surface area contributed by atoms with E-state index in [-0.39, 0.29) is 23.8 Å². The summed E-state index contributed by atoms with van der Waals surface area (Å²) in [5, 5.41) is 5.20. The van der Waals surface area contributed by atoms with Gasteiger partial charge in [0.05, 0.1) is 11.7 Å². The van der Waals surface area contributed by atoms with Gasteiger partial charge < -0.3 is 5.32 Å². The van der Waals surface area contributed by atoms with E-state index >= 15 is 0 Å². The first-order valence-electron chi connectivity index (χ1n) is 8.86. The number of fused-ring (bicyclic) bond motifs is 1. The van der Waals surface area contributed by atoms with Gasteiger partial charge in [-0.2, -0.15) is 0 Å². The van der Waals surface area contributed by atoms with E-state index in [0.717, 1.165) is 15.3 Å². The summed E-state index contributed by atoms with van der Waals surface area (Å²) < 4.78 is 1.31. The maximum absolute atomic E-state index is 13.0. The molecule has 6 nitrogen and oxygen atoms in total. The van der Waals surface area contributed by atoms with Crippen molar-refractivity contribution in [2.45, 2.75) is 20.4 Å². The molecule has 0 bridgehead atoms. The van der Waals surface area contributed by atoms with Gasteiger partial charge >= 0.3 is 0 Å². The summed E-state index contributed by atoms with van der Waals surface area (Å²) in [6.07, 6.45) is 1.40. The predicted octanol–water partition coefficient (Wildman–Crippen LogP) is 4.34. The highest BCUT2D eigenvalue weighted by molar-refractivity contribution is 7.19. The first kappa shape index (κ1) is 19.2. The molecule has 0 aliphatic heterocycles. The average Bonchev–Trinajstić information content (AvgIpc) is 3.30. The maximum Gasteiger partial charge on any atom is 0.263 e. The highest BCUT2D eigenvalue weighted by Crippen LogP contribution is 2.34. The van der Waals surface area contributed by atoms with Crippen LogP contribution in [0.2, 0.25) is 0 Å². The van der Waals surface area contributed by atoms with Gasteiger partial charge in [0.15, 0.2) is 5.78 Å². The maximum atomic E-state index is 13.0. The third-order valence-electron chi connectivity index (χ3n) is 4.43. The van der Waals surface area contributed by atoms with E-state index in [1.807, 2.05) is 24.4 Å². The number of rotatable bonds is 5. The Balaban J connectivity index is 1.62. The molecule has 0 aliphatic rings. The van der Waals surface area contributed by atoms with Gasteiger partial charge in [0.1, 0.15) is 11.4 Å². The lowest BCUT2D eigenvalue weighted by Gasteiger charge is -2.08. The third-order valence-corrected chi connectivity index (χ3v) is 6.35. The number of nitrogens with one attached hydrogen (secondary N) is 1. The van der Waals surface area contributed by atoms with Crippen LogP contribution in [0.15, 0.2) is 52.9 Å². The number of ketones is 1. The minimum absolute atomic E-state index is 0.0826. The number of hydrogen-bond donors (Lipinski definition) is 1. The molecule has 1 N–H and O–H groups in total. The number of nitrogens with zero attached hydrogens (tertiary/aromatic N) is 2. The Labute approximate surface area is 174 Å². The summed E-state index contributed by atoms with van der Waals surface area (Å²) in [6.45, 7) is 3.32. The zero-order chi connectivity index (χ0) is 20.5. The molecule has 1 aromatic carbocycles. The largest absolute Gasteiger partial charge is 0.325 e. The van der Waals surface area contributed by atoms with E-state index < -0.39 is 0 Å².